The summed E-state index contributed by atoms with van der Waals surface area (Å²) in [6.45, 7) is 6.21. The van der Waals surface area contributed by atoms with Crippen molar-refractivity contribution in [1.82, 2.24) is 19.5 Å². The highest BCUT2D eigenvalue weighted by Gasteiger charge is 2.11. The van der Waals surface area contributed by atoms with Crippen molar-refractivity contribution in [3.05, 3.63) is 35.5 Å². The number of fused-ring (bicyclic) bond motifs is 1. The number of thiophene rings is 1. The summed E-state index contributed by atoms with van der Waals surface area (Å²) in [4.78, 5) is 15.2. The average molecular weight is 301 g/mol. The number of imidazole rings is 1. The Bertz CT molecular complexity index is 717. The van der Waals surface area contributed by atoms with Crippen LogP contribution in [-0.2, 0) is 6.54 Å². The molecule has 0 saturated heterocycles. The quantitative estimate of drug-likeness (QED) is 0.709. The summed E-state index contributed by atoms with van der Waals surface area (Å²) in [6.07, 6.45) is 9.55. The van der Waals surface area contributed by atoms with E-state index in [9.17, 15) is 0 Å². The van der Waals surface area contributed by atoms with Crippen LogP contribution in [0.2, 0.25) is 0 Å². The SMILES string of the molecule is Cc1sc2ncnc(NCCCCn3ccnc3)c2c1C. The van der Waals surface area contributed by atoms with Crippen molar-refractivity contribution < 1.29 is 0 Å². The van der Waals surface area contributed by atoms with E-state index in [-0.39, 0.29) is 0 Å². The molecule has 3 aromatic heterocycles. The Labute approximate surface area is 128 Å². The lowest BCUT2D eigenvalue weighted by Gasteiger charge is -2.07. The number of rotatable bonds is 6. The minimum Gasteiger partial charge on any atom is -0.369 e. The third-order valence-electron chi connectivity index (χ3n) is 3.66. The van der Waals surface area contributed by atoms with Crippen LogP contribution < -0.4 is 5.32 Å². The van der Waals surface area contributed by atoms with Gasteiger partial charge in [-0.3, -0.25) is 0 Å². The number of hydrogen-bond acceptors (Lipinski definition) is 5. The van der Waals surface area contributed by atoms with Crippen LogP contribution in [0.5, 0.6) is 0 Å². The first-order valence-corrected chi connectivity index (χ1v) is 7.97. The fourth-order valence-electron chi connectivity index (χ4n) is 2.36. The van der Waals surface area contributed by atoms with Crippen molar-refractivity contribution >= 4 is 27.4 Å². The van der Waals surface area contributed by atoms with Crippen LogP contribution in [0.25, 0.3) is 10.2 Å². The molecule has 0 fully saturated rings. The summed E-state index contributed by atoms with van der Waals surface area (Å²) >= 11 is 1.73. The minimum absolute atomic E-state index is 0.926. The molecule has 0 radical (unpaired) electrons. The molecule has 5 nitrogen and oxygen atoms in total. The average Bonchev–Trinajstić information content (AvgIpc) is 3.08. The zero-order valence-corrected chi connectivity index (χ0v) is 13.2. The summed E-state index contributed by atoms with van der Waals surface area (Å²) in [5.74, 6) is 0.962. The van der Waals surface area contributed by atoms with Crippen LogP contribution in [0.15, 0.2) is 25.0 Å². The van der Waals surface area contributed by atoms with E-state index in [1.807, 2.05) is 18.7 Å². The summed E-state index contributed by atoms with van der Waals surface area (Å²) in [6, 6.07) is 0. The summed E-state index contributed by atoms with van der Waals surface area (Å²) < 4.78 is 2.11. The van der Waals surface area contributed by atoms with Crippen LogP contribution in [-0.4, -0.2) is 26.1 Å². The molecular formula is C15H19N5S. The topological polar surface area (TPSA) is 55.6 Å². The maximum Gasteiger partial charge on any atom is 0.138 e. The summed E-state index contributed by atoms with van der Waals surface area (Å²) in [5.41, 5.74) is 1.29. The smallest absolute Gasteiger partial charge is 0.138 e. The van der Waals surface area contributed by atoms with Crippen LogP contribution in [0, 0.1) is 13.8 Å². The Balaban J connectivity index is 1.58. The number of unbranched alkanes of at least 4 members (excludes halogenated alkanes) is 1. The Morgan fingerprint density at radius 3 is 2.95 bits per heavy atom. The molecule has 1 N–H and O–H groups in total. The van der Waals surface area contributed by atoms with Crippen molar-refractivity contribution in [2.75, 3.05) is 11.9 Å². The fraction of sp³-hybridized carbons (Fsp3) is 0.400. The molecule has 6 heteroatoms. The van der Waals surface area contributed by atoms with Crippen LogP contribution in [0.1, 0.15) is 23.3 Å². The molecule has 3 heterocycles. The van der Waals surface area contributed by atoms with Crippen molar-refractivity contribution in [3.63, 3.8) is 0 Å². The standard InChI is InChI=1S/C15H19N5S/c1-11-12(2)21-15-13(11)14(18-9-19-15)17-5-3-4-7-20-8-6-16-10-20/h6,8-10H,3-5,7H2,1-2H3,(H,17,18,19). The lowest BCUT2D eigenvalue weighted by Crippen LogP contribution is -2.05. The van der Waals surface area contributed by atoms with Gasteiger partial charge in [0.1, 0.15) is 17.0 Å². The number of aromatic nitrogens is 4. The van der Waals surface area contributed by atoms with Crippen molar-refractivity contribution in [2.45, 2.75) is 33.2 Å². The van der Waals surface area contributed by atoms with Crippen LogP contribution in [0.4, 0.5) is 5.82 Å². The van der Waals surface area contributed by atoms with E-state index < -0.39 is 0 Å². The third-order valence-corrected chi connectivity index (χ3v) is 4.78. The number of nitrogens with one attached hydrogen (secondary N) is 1. The second-order valence-electron chi connectivity index (χ2n) is 5.12. The van der Waals surface area contributed by atoms with Gasteiger partial charge in [0.05, 0.1) is 11.7 Å². The molecule has 110 valence electrons. The maximum absolute atomic E-state index is 4.40. The van der Waals surface area contributed by atoms with E-state index in [2.05, 4.69) is 38.7 Å². The first-order valence-electron chi connectivity index (χ1n) is 7.16. The van der Waals surface area contributed by atoms with E-state index >= 15 is 0 Å². The van der Waals surface area contributed by atoms with Gasteiger partial charge in [0.2, 0.25) is 0 Å². The zero-order chi connectivity index (χ0) is 14.7. The molecule has 0 aliphatic rings. The molecule has 0 aliphatic heterocycles. The van der Waals surface area contributed by atoms with Crippen molar-refractivity contribution in [2.24, 2.45) is 0 Å². The monoisotopic (exact) mass is 301 g/mol. The molecule has 0 unspecified atom stereocenters. The Kier molecular flexibility index (Phi) is 4.15. The molecule has 3 rings (SSSR count). The lowest BCUT2D eigenvalue weighted by atomic mass is 10.2. The Morgan fingerprint density at radius 2 is 2.14 bits per heavy atom. The van der Waals surface area contributed by atoms with Gasteiger partial charge in [-0.2, -0.15) is 0 Å². The molecule has 0 atom stereocenters. The highest BCUT2D eigenvalue weighted by molar-refractivity contribution is 7.18. The largest absolute Gasteiger partial charge is 0.369 e. The Morgan fingerprint density at radius 1 is 1.24 bits per heavy atom. The first kappa shape index (κ1) is 14.0. The van der Waals surface area contributed by atoms with Gasteiger partial charge in [0.15, 0.2) is 0 Å². The number of anilines is 1. The van der Waals surface area contributed by atoms with Gasteiger partial charge in [0.25, 0.3) is 0 Å². The predicted molar refractivity (Wildman–Crippen MR) is 86.8 cm³/mol. The molecule has 21 heavy (non-hydrogen) atoms. The lowest BCUT2D eigenvalue weighted by molar-refractivity contribution is 0.621. The highest BCUT2D eigenvalue weighted by Crippen LogP contribution is 2.32. The fourth-order valence-corrected chi connectivity index (χ4v) is 3.36. The van der Waals surface area contributed by atoms with Crippen LogP contribution >= 0.6 is 11.3 Å². The number of nitrogens with zero attached hydrogens (tertiary/aromatic N) is 4. The molecule has 0 spiro atoms. The second-order valence-corrected chi connectivity index (χ2v) is 6.32. The number of hydrogen-bond donors (Lipinski definition) is 1. The maximum atomic E-state index is 4.40. The van der Waals surface area contributed by atoms with E-state index in [0.717, 1.165) is 36.6 Å². The molecule has 0 saturated carbocycles. The third kappa shape index (κ3) is 3.05. The van der Waals surface area contributed by atoms with Gasteiger partial charge >= 0.3 is 0 Å². The van der Waals surface area contributed by atoms with E-state index in [1.54, 1.807) is 17.7 Å². The normalized spacial score (nSPS) is 11.1. The van der Waals surface area contributed by atoms with Crippen LogP contribution in [0.3, 0.4) is 0 Å². The van der Waals surface area contributed by atoms with Gasteiger partial charge in [-0.05, 0) is 32.3 Å². The zero-order valence-electron chi connectivity index (χ0n) is 12.3. The van der Waals surface area contributed by atoms with Crippen molar-refractivity contribution in [3.8, 4) is 0 Å². The molecule has 0 amide bonds. The van der Waals surface area contributed by atoms with E-state index in [0.29, 0.717) is 0 Å². The van der Waals surface area contributed by atoms with Gasteiger partial charge < -0.3 is 9.88 Å². The summed E-state index contributed by atoms with van der Waals surface area (Å²) in [7, 11) is 0. The molecule has 0 aromatic carbocycles. The molecule has 0 bridgehead atoms. The second kappa shape index (κ2) is 6.22. The van der Waals surface area contributed by atoms with Gasteiger partial charge in [-0.15, -0.1) is 11.3 Å². The molecule has 3 aromatic rings. The molecule has 0 aliphatic carbocycles. The summed E-state index contributed by atoms with van der Waals surface area (Å²) in [5, 5.41) is 4.63. The minimum atomic E-state index is 0.926. The van der Waals surface area contributed by atoms with E-state index in [1.165, 1.54) is 15.8 Å². The first-order chi connectivity index (χ1) is 10.3. The number of aryl methyl sites for hydroxylation is 3. The Hall–Kier alpha value is -1.95. The predicted octanol–water partition coefficient (Wildman–Crippen LogP) is 3.40. The van der Waals surface area contributed by atoms with Gasteiger partial charge in [0, 0.05) is 30.4 Å². The highest BCUT2D eigenvalue weighted by atomic mass is 32.1. The van der Waals surface area contributed by atoms with Gasteiger partial charge in [-0.1, -0.05) is 0 Å². The van der Waals surface area contributed by atoms with E-state index in [4.69, 9.17) is 0 Å². The van der Waals surface area contributed by atoms with Gasteiger partial charge in [-0.25, -0.2) is 15.0 Å². The van der Waals surface area contributed by atoms with Crippen molar-refractivity contribution in [1.29, 1.82) is 0 Å². The molecular weight excluding hydrogens is 282 g/mol.